The summed E-state index contributed by atoms with van der Waals surface area (Å²) in [5.74, 6) is -1.50. The molecule has 1 heterocycles. The lowest BCUT2D eigenvalue weighted by Crippen LogP contribution is -2.56. The van der Waals surface area contributed by atoms with E-state index in [1.165, 1.54) is 57.8 Å². The van der Waals surface area contributed by atoms with Crippen LogP contribution in [0.4, 0.5) is 0 Å². The maximum absolute atomic E-state index is 12.6. The van der Waals surface area contributed by atoms with Crippen molar-refractivity contribution in [3.63, 3.8) is 0 Å². The maximum Gasteiger partial charge on any atom is 0.305 e. The number of hydrogen-bond donors (Lipinski definition) is 2. The minimum absolute atomic E-state index is 0.141. The summed E-state index contributed by atoms with van der Waals surface area (Å²) in [5, 5.41) is 5.50. The molecule has 1 atom stereocenters. The van der Waals surface area contributed by atoms with E-state index in [2.05, 4.69) is 29.7 Å². The van der Waals surface area contributed by atoms with E-state index in [4.69, 9.17) is 14.2 Å². The third kappa shape index (κ3) is 17.7. The fraction of sp³-hybridized carbons (Fsp3) is 0.844. The number of rotatable bonds is 22. The van der Waals surface area contributed by atoms with Crippen molar-refractivity contribution < 1.29 is 28.6 Å². The van der Waals surface area contributed by atoms with Gasteiger partial charge in [0.1, 0.15) is 12.7 Å². The molecule has 2 N–H and O–H groups in total. The SMILES string of the molecule is CCCCCCCC/C=C\CCCCCCCC(=O)OCCNC(=O)CCNC(=O)C1OC(C)(C)OCC1(C)C. The lowest BCUT2D eigenvalue weighted by molar-refractivity contribution is -0.304. The van der Waals surface area contributed by atoms with Crippen LogP contribution in [0.1, 0.15) is 131 Å². The fourth-order valence-electron chi connectivity index (χ4n) is 4.57. The first-order chi connectivity index (χ1) is 19.1. The molecule has 232 valence electrons. The van der Waals surface area contributed by atoms with Crippen LogP contribution in [0.3, 0.4) is 0 Å². The van der Waals surface area contributed by atoms with Gasteiger partial charge in [-0.15, -0.1) is 0 Å². The van der Waals surface area contributed by atoms with E-state index >= 15 is 0 Å². The Balaban J connectivity index is 1.95. The monoisotopic (exact) mass is 566 g/mol. The highest BCUT2D eigenvalue weighted by molar-refractivity contribution is 5.83. The number of hydrogen-bond acceptors (Lipinski definition) is 6. The molecular formula is C32H58N2O6. The summed E-state index contributed by atoms with van der Waals surface area (Å²) in [6, 6.07) is 0. The molecule has 1 unspecified atom stereocenters. The Morgan fingerprint density at radius 3 is 2.05 bits per heavy atom. The molecule has 1 fully saturated rings. The zero-order valence-corrected chi connectivity index (χ0v) is 26.1. The van der Waals surface area contributed by atoms with Gasteiger partial charge in [-0.3, -0.25) is 14.4 Å². The van der Waals surface area contributed by atoms with Gasteiger partial charge in [0.15, 0.2) is 5.79 Å². The van der Waals surface area contributed by atoms with Gasteiger partial charge in [-0.05, 0) is 46.0 Å². The van der Waals surface area contributed by atoms with E-state index in [1.807, 2.05) is 13.8 Å². The summed E-state index contributed by atoms with van der Waals surface area (Å²) in [4.78, 5) is 36.5. The second kappa shape index (κ2) is 20.9. The van der Waals surface area contributed by atoms with Gasteiger partial charge in [-0.2, -0.15) is 0 Å². The Morgan fingerprint density at radius 1 is 0.800 bits per heavy atom. The lowest BCUT2D eigenvalue weighted by atomic mass is 9.85. The highest BCUT2D eigenvalue weighted by Crippen LogP contribution is 2.34. The second-order valence-electron chi connectivity index (χ2n) is 12.1. The van der Waals surface area contributed by atoms with Crippen LogP contribution in [0.2, 0.25) is 0 Å². The first kappa shape index (κ1) is 36.1. The number of nitrogens with one attached hydrogen (secondary N) is 2. The number of esters is 1. The fourth-order valence-corrected chi connectivity index (χ4v) is 4.57. The minimum Gasteiger partial charge on any atom is -0.464 e. The summed E-state index contributed by atoms with van der Waals surface area (Å²) < 4.78 is 16.7. The predicted molar refractivity (Wildman–Crippen MR) is 160 cm³/mol. The third-order valence-electron chi connectivity index (χ3n) is 7.12. The summed E-state index contributed by atoms with van der Waals surface area (Å²) in [7, 11) is 0. The molecule has 0 spiro atoms. The molecule has 1 saturated heterocycles. The number of carbonyl (C=O) groups excluding carboxylic acids is 3. The molecule has 1 aliphatic rings. The van der Waals surface area contributed by atoms with Crippen LogP contribution in [0, 0.1) is 5.41 Å². The molecule has 0 radical (unpaired) electrons. The molecule has 0 aromatic heterocycles. The zero-order valence-electron chi connectivity index (χ0n) is 26.1. The van der Waals surface area contributed by atoms with Crippen molar-refractivity contribution in [2.24, 2.45) is 5.41 Å². The van der Waals surface area contributed by atoms with E-state index < -0.39 is 17.3 Å². The highest BCUT2D eigenvalue weighted by atomic mass is 16.7. The molecule has 1 aliphatic heterocycles. The molecular weight excluding hydrogens is 508 g/mol. The van der Waals surface area contributed by atoms with Gasteiger partial charge in [0.25, 0.3) is 0 Å². The molecule has 2 amide bonds. The molecule has 40 heavy (non-hydrogen) atoms. The van der Waals surface area contributed by atoms with Crippen LogP contribution in [0.15, 0.2) is 12.2 Å². The average molecular weight is 567 g/mol. The highest BCUT2D eigenvalue weighted by Gasteiger charge is 2.45. The van der Waals surface area contributed by atoms with Crippen molar-refractivity contribution in [2.75, 3.05) is 26.3 Å². The smallest absolute Gasteiger partial charge is 0.305 e. The molecule has 8 heteroatoms. The van der Waals surface area contributed by atoms with Crippen molar-refractivity contribution in [3.8, 4) is 0 Å². The van der Waals surface area contributed by atoms with Crippen molar-refractivity contribution in [2.45, 2.75) is 143 Å². The largest absolute Gasteiger partial charge is 0.464 e. The number of allylic oxidation sites excluding steroid dienone is 2. The zero-order chi connectivity index (χ0) is 29.7. The van der Waals surface area contributed by atoms with Crippen molar-refractivity contribution in [1.82, 2.24) is 10.6 Å². The van der Waals surface area contributed by atoms with Crippen LogP contribution >= 0.6 is 0 Å². The van der Waals surface area contributed by atoms with Gasteiger partial charge in [-0.1, -0.05) is 84.3 Å². The number of amides is 2. The topological polar surface area (TPSA) is 103 Å². The number of ether oxygens (including phenoxy) is 3. The van der Waals surface area contributed by atoms with E-state index in [0.717, 1.165) is 25.7 Å². The molecule has 0 bridgehead atoms. The van der Waals surface area contributed by atoms with E-state index in [-0.39, 0.29) is 43.9 Å². The second-order valence-corrected chi connectivity index (χ2v) is 12.1. The van der Waals surface area contributed by atoms with Gasteiger partial charge in [0.2, 0.25) is 11.8 Å². The van der Waals surface area contributed by atoms with Crippen molar-refractivity contribution >= 4 is 17.8 Å². The standard InChI is InChI=1S/C32H58N2O6/c1-6-7-8-9-10-11-12-13-14-15-16-17-18-19-20-21-28(36)38-25-24-33-27(35)22-23-34-30(37)29-31(2,3)26-39-32(4,5)40-29/h13-14,29H,6-12,15-26H2,1-5H3,(H,33,35)(H,34,37)/b14-13-. The Morgan fingerprint density at radius 2 is 1.40 bits per heavy atom. The molecule has 8 nitrogen and oxygen atoms in total. The quantitative estimate of drug-likeness (QED) is 0.0897. The Bertz CT molecular complexity index is 750. The first-order valence-electron chi connectivity index (χ1n) is 15.7. The van der Waals surface area contributed by atoms with E-state index in [9.17, 15) is 14.4 Å². The molecule has 0 aromatic carbocycles. The van der Waals surface area contributed by atoms with Gasteiger partial charge in [0, 0.05) is 24.8 Å². The average Bonchev–Trinajstić information content (AvgIpc) is 2.90. The Labute approximate surface area is 243 Å². The van der Waals surface area contributed by atoms with Gasteiger partial charge in [-0.25, -0.2) is 0 Å². The Hall–Kier alpha value is -1.93. The normalized spacial score (nSPS) is 18.0. The lowest BCUT2D eigenvalue weighted by Gasteiger charge is -2.44. The summed E-state index contributed by atoms with van der Waals surface area (Å²) in [6.07, 6.45) is 20.4. The van der Waals surface area contributed by atoms with Gasteiger partial charge >= 0.3 is 5.97 Å². The van der Waals surface area contributed by atoms with Crippen molar-refractivity contribution in [1.29, 1.82) is 0 Å². The van der Waals surface area contributed by atoms with Crippen LogP contribution < -0.4 is 10.6 Å². The first-order valence-corrected chi connectivity index (χ1v) is 15.7. The molecule has 0 saturated carbocycles. The van der Waals surface area contributed by atoms with Crippen LogP contribution in [0.25, 0.3) is 0 Å². The summed E-state index contributed by atoms with van der Waals surface area (Å²) in [6.45, 7) is 10.7. The molecule has 1 rings (SSSR count). The number of unbranched alkanes of at least 4 members (excludes halogenated alkanes) is 11. The summed E-state index contributed by atoms with van der Waals surface area (Å²) in [5.41, 5.74) is -0.463. The number of carbonyl (C=O) groups is 3. The summed E-state index contributed by atoms with van der Waals surface area (Å²) >= 11 is 0. The van der Waals surface area contributed by atoms with Crippen LogP contribution in [-0.4, -0.2) is 56.0 Å². The molecule has 0 aliphatic carbocycles. The van der Waals surface area contributed by atoms with E-state index in [0.29, 0.717) is 13.0 Å². The van der Waals surface area contributed by atoms with Gasteiger partial charge < -0.3 is 24.8 Å². The van der Waals surface area contributed by atoms with Gasteiger partial charge in [0.05, 0.1) is 13.2 Å². The minimum atomic E-state index is -0.823. The van der Waals surface area contributed by atoms with E-state index in [1.54, 1.807) is 13.8 Å². The maximum atomic E-state index is 12.6. The predicted octanol–water partition coefficient (Wildman–Crippen LogP) is 6.37. The Kier molecular flexibility index (Phi) is 18.8. The van der Waals surface area contributed by atoms with Crippen molar-refractivity contribution in [3.05, 3.63) is 12.2 Å². The van der Waals surface area contributed by atoms with Crippen LogP contribution in [0.5, 0.6) is 0 Å². The third-order valence-corrected chi connectivity index (χ3v) is 7.12. The van der Waals surface area contributed by atoms with Crippen LogP contribution in [-0.2, 0) is 28.6 Å². The molecule has 0 aromatic rings.